The first-order valence-corrected chi connectivity index (χ1v) is 8.35. The Morgan fingerprint density at radius 3 is 2.78 bits per heavy atom. The van der Waals surface area contributed by atoms with Crippen LogP contribution >= 0.6 is 0 Å². The van der Waals surface area contributed by atoms with Gasteiger partial charge in [-0.1, -0.05) is 37.3 Å². The van der Waals surface area contributed by atoms with Crippen molar-refractivity contribution >= 4 is 5.91 Å². The number of rotatable bonds is 7. The normalized spacial score (nSPS) is 24.7. The van der Waals surface area contributed by atoms with Crippen LogP contribution in [0, 0.1) is 0 Å². The molecule has 128 valence electrons. The summed E-state index contributed by atoms with van der Waals surface area (Å²) in [5.74, 6) is 0.0190. The summed E-state index contributed by atoms with van der Waals surface area (Å²) < 4.78 is 5.57. The van der Waals surface area contributed by atoms with Crippen molar-refractivity contribution in [2.24, 2.45) is 0 Å². The molecule has 0 spiro atoms. The lowest BCUT2D eigenvalue weighted by atomic mass is 9.86. The smallest absolute Gasteiger partial charge is 0.222 e. The number of benzene rings is 1. The van der Waals surface area contributed by atoms with Gasteiger partial charge in [-0.3, -0.25) is 4.79 Å². The number of hydrogen-bond donors (Lipinski definition) is 2. The summed E-state index contributed by atoms with van der Waals surface area (Å²) in [6.45, 7) is 3.67. The van der Waals surface area contributed by atoms with Crippen LogP contribution in [0.2, 0.25) is 0 Å². The maximum Gasteiger partial charge on any atom is 0.222 e. The minimum Gasteiger partial charge on any atom is -0.388 e. The zero-order chi connectivity index (χ0) is 16.7. The van der Waals surface area contributed by atoms with E-state index >= 15 is 0 Å². The molecule has 0 aliphatic carbocycles. The van der Waals surface area contributed by atoms with Gasteiger partial charge in [-0.15, -0.1) is 0 Å². The van der Waals surface area contributed by atoms with Crippen molar-refractivity contribution in [2.45, 2.75) is 50.9 Å². The number of amides is 1. The minimum absolute atomic E-state index is 0.0190. The molecule has 0 unspecified atom stereocenters. The molecule has 5 nitrogen and oxygen atoms in total. The minimum atomic E-state index is -1.05. The van der Waals surface area contributed by atoms with Crippen molar-refractivity contribution in [2.75, 3.05) is 19.7 Å². The van der Waals surface area contributed by atoms with Gasteiger partial charge in [0.15, 0.2) is 0 Å². The zero-order valence-electron chi connectivity index (χ0n) is 13.8. The average Bonchev–Trinajstić information content (AvgIpc) is 2.58. The van der Waals surface area contributed by atoms with Crippen molar-refractivity contribution in [3.8, 4) is 0 Å². The van der Waals surface area contributed by atoms with E-state index in [1.54, 1.807) is 4.90 Å². The fraction of sp³-hybridized carbons (Fsp3) is 0.611. The van der Waals surface area contributed by atoms with Crippen molar-refractivity contribution in [3.63, 3.8) is 0 Å². The zero-order valence-corrected chi connectivity index (χ0v) is 13.8. The Kier molecular flexibility index (Phi) is 6.57. The fourth-order valence-electron chi connectivity index (χ4n) is 2.85. The lowest BCUT2D eigenvalue weighted by Crippen LogP contribution is -2.56. The number of likely N-dealkylation sites (tertiary alicyclic amines) is 1. The fourth-order valence-corrected chi connectivity index (χ4v) is 2.85. The van der Waals surface area contributed by atoms with Gasteiger partial charge in [0, 0.05) is 26.1 Å². The Balaban J connectivity index is 1.64. The van der Waals surface area contributed by atoms with E-state index in [0.29, 0.717) is 45.4 Å². The van der Waals surface area contributed by atoms with Crippen LogP contribution in [0.1, 0.15) is 38.2 Å². The first kappa shape index (κ1) is 17.9. The Hall–Kier alpha value is -1.43. The van der Waals surface area contributed by atoms with Crippen LogP contribution in [0.5, 0.6) is 0 Å². The van der Waals surface area contributed by atoms with Crippen LogP contribution in [0.4, 0.5) is 0 Å². The van der Waals surface area contributed by atoms with Gasteiger partial charge in [0.2, 0.25) is 5.91 Å². The molecule has 2 atom stereocenters. The highest BCUT2D eigenvalue weighted by atomic mass is 16.5. The monoisotopic (exact) mass is 321 g/mol. The van der Waals surface area contributed by atoms with Gasteiger partial charge in [-0.05, 0) is 24.8 Å². The van der Waals surface area contributed by atoms with Crippen LogP contribution in [0.15, 0.2) is 30.3 Å². The van der Waals surface area contributed by atoms with Gasteiger partial charge in [-0.2, -0.15) is 0 Å². The van der Waals surface area contributed by atoms with E-state index in [-0.39, 0.29) is 12.5 Å². The number of ether oxygens (including phenoxy) is 1. The lowest BCUT2D eigenvalue weighted by Gasteiger charge is -2.41. The summed E-state index contributed by atoms with van der Waals surface area (Å²) in [6, 6.07) is 9.93. The standard InChI is InChI=1S/C18H27NO4/c1-2-18(22)10-11-19(13-16(18)20)17(21)9-6-12-23-14-15-7-4-3-5-8-15/h3-5,7-8,16,20,22H,2,6,9-14H2,1H3/t16-,18-/m1/s1. The van der Waals surface area contributed by atoms with E-state index in [1.807, 2.05) is 37.3 Å². The van der Waals surface area contributed by atoms with Crippen LogP contribution in [0.3, 0.4) is 0 Å². The van der Waals surface area contributed by atoms with Crippen LogP contribution in [-0.2, 0) is 16.1 Å². The summed E-state index contributed by atoms with van der Waals surface area (Å²) in [7, 11) is 0. The second-order valence-electron chi connectivity index (χ2n) is 6.20. The molecular formula is C18H27NO4. The quantitative estimate of drug-likeness (QED) is 0.750. The van der Waals surface area contributed by atoms with Gasteiger partial charge in [-0.25, -0.2) is 0 Å². The number of aliphatic hydroxyl groups is 2. The highest BCUT2D eigenvalue weighted by Gasteiger charge is 2.40. The average molecular weight is 321 g/mol. The van der Waals surface area contributed by atoms with E-state index in [4.69, 9.17) is 4.74 Å². The number of nitrogens with zero attached hydrogens (tertiary/aromatic N) is 1. The van der Waals surface area contributed by atoms with E-state index < -0.39 is 11.7 Å². The molecule has 0 bridgehead atoms. The van der Waals surface area contributed by atoms with Crippen molar-refractivity contribution in [1.29, 1.82) is 0 Å². The maximum atomic E-state index is 12.2. The highest BCUT2D eigenvalue weighted by molar-refractivity contribution is 5.76. The third-order valence-corrected chi connectivity index (χ3v) is 4.58. The largest absolute Gasteiger partial charge is 0.388 e. The van der Waals surface area contributed by atoms with Gasteiger partial charge in [0.05, 0.1) is 12.2 Å². The molecule has 5 heteroatoms. The summed E-state index contributed by atoms with van der Waals surface area (Å²) >= 11 is 0. The van der Waals surface area contributed by atoms with Crippen LogP contribution < -0.4 is 0 Å². The Bertz CT molecular complexity index is 493. The Morgan fingerprint density at radius 2 is 2.13 bits per heavy atom. The first-order valence-electron chi connectivity index (χ1n) is 8.35. The summed E-state index contributed by atoms with van der Waals surface area (Å²) in [6.07, 6.45) is 1.15. The number of aliphatic hydroxyl groups excluding tert-OH is 1. The Labute approximate surface area is 137 Å². The number of piperidine rings is 1. The molecule has 1 aliphatic heterocycles. The van der Waals surface area contributed by atoms with Crippen molar-refractivity contribution in [1.82, 2.24) is 4.90 Å². The van der Waals surface area contributed by atoms with E-state index in [2.05, 4.69) is 0 Å². The second kappa shape index (κ2) is 8.43. The molecule has 1 aliphatic rings. The SMILES string of the molecule is CC[C@@]1(O)CCN(C(=O)CCCOCc2ccccc2)C[C@H]1O. The number of carbonyl (C=O) groups is 1. The third-order valence-electron chi connectivity index (χ3n) is 4.58. The molecule has 1 fully saturated rings. The summed E-state index contributed by atoms with van der Waals surface area (Å²) in [5, 5.41) is 20.2. The van der Waals surface area contributed by atoms with E-state index in [0.717, 1.165) is 5.56 Å². The van der Waals surface area contributed by atoms with Gasteiger partial charge >= 0.3 is 0 Å². The number of hydrogen-bond acceptors (Lipinski definition) is 4. The number of carbonyl (C=O) groups excluding carboxylic acids is 1. The molecule has 0 aromatic heterocycles. The highest BCUT2D eigenvalue weighted by Crippen LogP contribution is 2.26. The predicted molar refractivity (Wildman–Crippen MR) is 87.8 cm³/mol. The van der Waals surface area contributed by atoms with E-state index in [9.17, 15) is 15.0 Å². The predicted octanol–water partition coefficient (Wildman–Crippen LogP) is 1.72. The van der Waals surface area contributed by atoms with Crippen molar-refractivity contribution < 1.29 is 19.7 Å². The molecular weight excluding hydrogens is 294 g/mol. The summed E-state index contributed by atoms with van der Waals surface area (Å²) in [4.78, 5) is 13.8. The molecule has 1 saturated heterocycles. The topological polar surface area (TPSA) is 70.0 Å². The molecule has 0 saturated carbocycles. The third kappa shape index (κ3) is 5.03. The Morgan fingerprint density at radius 1 is 1.39 bits per heavy atom. The molecule has 1 amide bonds. The molecule has 2 rings (SSSR count). The van der Waals surface area contributed by atoms with Gasteiger partial charge in [0.1, 0.15) is 6.10 Å². The summed E-state index contributed by atoms with van der Waals surface area (Å²) in [5.41, 5.74) is 0.0760. The second-order valence-corrected chi connectivity index (χ2v) is 6.20. The molecule has 1 heterocycles. The van der Waals surface area contributed by atoms with Crippen LogP contribution in [0.25, 0.3) is 0 Å². The van der Waals surface area contributed by atoms with Crippen LogP contribution in [-0.4, -0.2) is 52.4 Å². The van der Waals surface area contributed by atoms with E-state index in [1.165, 1.54) is 0 Å². The first-order chi connectivity index (χ1) is 11.0. The molecule has 0 radical (unpaired) electrons. The van der Waals surface area contributed by atoms with Gasteiger partial charge < -0.3 is 19.8 Å². The lowest BCUT2D eigenvalue weighted by molar-refractivity contribution is -0.150. The molecule has 2 N–H and O–H groups in total. The molecule has 1 aromatic rings. The van der Waals surface area contributed by atoms with Crippen molar-refractivity contribution in [3.05, 3.63) is 35.9 Å². The van der Waals surface area contributed by atoms with Gasteiger partial charge in [0.25, 0.3) is 0 Å². The number of β-amino-alcohol motifs (C(OH)–C–C–N with tert-alkyl or cyclic N) is 1. The maximum absolute atomic E-state index is 12.2. The molecule has 23 heavy (non-hydrogen) atoms. The molecule has 1 aromatic carbocycles.